The molecular formula is C32H48N2O6Si. The third-order valence-corrected chi connectivity index (χ3v) is 14.2. The quantitative estimate of drug-likeness (QED) is 0.152. The second-order valence-electron chi connectivity index (χ2n) is 13.4. The molecule has 2 aliphatic heterocycles. The summed E-state index contributed by atoms with van der Waals surface area (Å²) >= 11 is 0. The molecule has 0 aromatic heterocycles. The third-order valence-electron chi connectivity index (χ3n) is 9.63. The van der Waals surface area contributed by atoms with Crippen LogP contribution in [-0.2, 0) is 30.1 Å². The van der Waals surface area contributed by atoms with Gasteiger partial charge in [0.15, 0.2) is 14.0 Å². The maximum Gasteiger partial charge on any atom is 0.325 e. The molecule has 1 saturated heterocycles. The molecule has 3 aliphatic rings. The van der Waals surface area contributed by atoms with Crippen LogP contribution in [0.25, 0.3) is 0 Å². The minimum absolute atomic E-state index is 0.0429. The Hall–Kier alpha value is -2.65. The van der Waals surface area contributed by atoms with Gasteiger partial charge in [0.25, 0.3) is 0 Å². The van der Waals surface area contributed by atoms with Crippen LogP contribution in [0.3, 0.4) is 0 Å². The lowest BCUT2D eigenvalue weighted by atomic mass is 9.76. The van der Waals surface area contributed by atoms with Crippen LogP contribution in [0.4, 0.5) is 0 Å². The number of fused-ring (bicyclic) bond motifs is 1. The second kappa shape index (κ2) is 12.3. The highest BCUT2D eigenvalue weighted by molar-refractivity contribution is 6.74. The molecule has 2 amide bonds. The van der Waals surface area contributed by atoms with Crippen LogP contribution >= 0.6 is 0 Å². The summed E-state index contributed by atoms with van der Waals surface area (Å²) in [5.74, 6) is -0.748. The lowest BCUT2D eigenvalue weighted by molar-refractivity contribution is -0.182. The van der Waals surface area contributed by atoms with Crippen molar-refractivity contribution < 1.29 is 28.3 Å². The van der Waals surface area contributed by atoms with Crippen molar-refractivity contribution in [2.75, 3.05) is 19.8 Å². The maximum absolute atomic E-state index is 14.4. The van der Waals surface area contributed by atoms with E-state index in [1.807, 2.05) is 36.1 Å². The number of para-hydroxylation sites is 1. The normalized spacial score (nSPS) is 22.8. The molecule has 226 valence electrons. The smallest absolute Gasteiger partial charge is 0.325 e. The average Bonchev–Trinajstić information content (AvgIpc) is 2.93. The maximum atomic E-state index is 14.4. The van der Waals surface area contributed by atoms with Gasteiger partial charge in [0.2, 0.25) is 11.8 Å². The fourth-order valence-corrected chi connectivity index (χ4v) is 7.25. The number of benzene rings is 1. The highest BCUT2D eigenvalue weighted by atomic mass is 28.4. The van der Waals surface area contributed by atoms with Crippen molar-refractivity contribution in [2.24, 2.45) is 11.8 Å². The first-order chi connectivity index (χ1) is 19.3. The van der Waals surface area contributed by atoms with E-state index in [4.69, 9.17) is 13.9 Å². The third kappa shape index (κ3) is 6.41. The first-order valence-corrected chi connectivity index (χ1v) is 18.0. The van der Waals surface area contributed by atoms with Gasteiger partial charge < -0.3 is 18.8 Å². The summed E-state index contributed by atoms with van der Waals surface area (Å²) in [6.45, 7) is 17.2. The number of β-lactam (4-membered cyclic amide) rings is 1. The van der Waals surface area contributed by atoms with E-state index in [9.17, 15) is 14.4 Å². The van der Waals surface area contributed by atoms with Crippen molar-refractivity contribution in [1.82, 2.24) is 9.80 Å². The van der Waals surface area contributed by atoms with E-state index in [-0.39, 0.29) is 30.0 Å². The summed E-state index contributed by atoms with van der Waals surface area (Å²) in [6, 6.07) is 7.50. The van der Waals surface area contributed by atoms with Gasteiger partial charge in [-0.05, 0) is 43.5 Å². The first kappa shape index (κ1) is 31.3. The molecular weight excluding hydrogens is 536 g/mol. The standard InChI is InChI=1S/C32H48N2O6Si/c1-8-19-38-27(35)22-33-28(25(30(33)37)16-20-39-41(6,7)31(3,4)5)23(2)29(36)34-21-24-14-10-11-15-26(24)40-32(34)17-12-9-13-18-32/h8,10-11,14-15,23,25,28H,1,9,12-13,16-22H2,2-7H3/t23?,25-,28+/m0/s1. The zero-order chi connectivity index (χ0) is 30.0. The lowest BCUT2D eigenvalue weighted by Crippen LogP contribution is -2.68. The average molecular weight is 585 g/mol. The Morgan fingerprint density at radius 1 is 1.20 bits per heavy atom. The fourth-order valence-electron chi connectivity index (χ4n) is 6.19. The summed E-state index contributed by atoms with van der Waals surface area (Å²) < 4.78 is 18.2. The van der Waals surface area contributed by atoms with E-state index in [0.717, 1.165) is 43.4 Å². The highest BCUT2D eigenvalue weighted by Crippen LogP contribution is 2.44. The summed E-state index contributed by atoms with van der Waals surface area (Å²) in [6.07, 6.45) is 6.69. The number of carbonyl (C=O) groups excluding carboxylic acids is 3. The van der Waals surface area contributed by atoms with Gasteiger partial charge in [0.1, 0.15) is 18.9 Å². The molecule has 0 N–H and O–H groups in total. The fraction of sp³-hybridized carbons (Fsp3) is 0.656. The van der Waals surface area contributed by atoms with Gasteiger partial charge >= 0.3 is 5.97 Å². The molecule has 4 rings (SSSR count). The molecule has 1 saturated carbocycles. The molecule has 3 atom stereocenters. The van der Waals surface area contributed by atoms with Crippen LogP contribution in [0.2, 0.25) is 18.1 Å². The van der Waals surface area contributed by atoms with Crippen LogP contribution in [0, 0.1) is 11.8 Å². The number of carbonyl (C=O) groups is 3. The van der Waals surface area contributed by atoms with Crippen molar-refractivity contribution in [2.45, 2.75) is 103 Å². The van der Waals surface area contributed by atoms with Crippen molar-refractivity contribution in [1.29, 1.82) is 0 Å². The molecule has 0 bridgehead atoms. The minimum Gasteiger partial charge on any atom is -0.468 e. The molecule has 1 spiro atoms. The van der Waals surface area contributed by atoms with Gasteiger partial charge in [0.05, 0.1) is 24.4 Å². The molecule has 1 aromatic carbocycles. The summed E-state index contributed by atoms with van der Waals surface area (Å²) in [4.78, 5) is 43.8. The van der Waals surface area contributed by atoms with Crippen LogP contribution in [-0.4, -0.2) is 67.4 Å². The Bertz CT molecular complexity index is 1140. The molecule has 1 unspecified atom stereocenters. The first-order valence-electron chi connectivity index (χ1n) is 15.1. The van der Waals surface area contributed by atoms with Gasteiger partial charge in [-0.3, -0.25) is 19.3 Å². The Labute approximate surface area is 246 Å². The highest BCUT2D eigenvalue weighted by Gasteiger charge is 2.55. The monoisotopic (exact) mass is 584 g/mol. The van der Waals surface area contributed by atoms with Crippen molar-refractivity contribution in [3.8, 4) is 5.75 Å². The molecule has 41 heavy (non-hydrogen) atoms. The molecule has 1 aromatic rings. The van der Waals surface area contributed by atoms with Crippen LogP contribution in [0.15, 0.2) is 36.9 Å². The topological polar surface area (TPSA) is 85.4 Å². The Morgan fingerprint density at radius 3 is 2.54 bits per heavy atom. The van der Waals surface area contributed by atoms with Gasteiger partial charge in [-0.2, -0.15) is 0 Å². The largest absolute Gasteiger partial charge is 0.468 e. The summed E-state index contributed by atoms with van der Waals surface area (Å²) in [7, 11) is -2.00. The second-order valence-corrected chi connectivity index (χ2v) is 18.2. The predicted octanol–water partition coefficient (Wildman–Crippen LogP) is 5.67. The summed E-state index contributed by atoms with van der Waals surface area (Å²) in [5.41, 5.74) is 0.304. The Balaban J connectivity index is 1.56. The number of esters is 1. The van der Waals surface area contributed by atoms with Crippen LogP contribution in [0.5, 0.6) is 5.75 Å². The Kier molecular flexibility index (Phi) is 9.38. The Morgan fingerprint density at radius 2 is 1.88 bits per heavy atom. The van der Waals surface area contributed by atoms with Gasteiger partial charge in [-0.25, -0.2) is 0 Å². The van der Waals surface area contributed by atoms with Gasteiger partial charge in [0, 0.05) is 25.0 Å². The number of rotatable bonds is 10. The molecule has 2 fully saturated rings. The summed E-state index contributed by atoms with van der Waals surface area (Å²) in [5, 5.41) is 0.0547. The number of nitrogens with zero attached hydrogens (tertiary/aromatic N) is 2. The SMILES string of the molecule is C=CCOC(=O)CN1C(=O)[C@@H](CCO[Si](C)(C)C(C)(C)C)[C@H]1C(C)C(=O)N1Cc2ccccc2OC12CCCCC2. The van der Waals surface area contributed by atoms with E-state index in [1.165, 1.54) is 11.0 Å². The number of amides is 2. The zero-order valence-corrected chi connectivity index (χ0v) is 26.7. The van der Waals surface area contributed by atoms with E-state index < -0.39 is 37.9 Å². The van der Waals surface area contributed by atoms with Crippen molar-refractivity contribution in [3.05, 3.63) is 42.5 Å². The molecule has 2 heterocycles. The minimum atomic E-state index is -2.00. The number of hydrogen-bond acceptors (Lipinski definition) is 6. The van der Waals surface area contributed by atoms with Crippen LogP contribution in [0.1, 0.15) is 71.8 Å². The zero-order valence-electron chi connectivity index (χ0n) is 25.7. The van der Waals surface area contributed by atoms with E-state index in [2.05, 4.69) is 40.4 Å². The van der Waals surface area contributed by atoms with Gasteiger partial charge in [-0.1, -0.05) is 65.0 Å². The lowest BCUT2D eigenvalue weighted by Gasteiger charge is -2.53. The number of hydrogen-bond donors (Lipinski definition) is 0. The van der Waals surface area contributed by atoms with Crippen LogP contribution < -0.4 is 4.74 Å². The number of ether oxygens (including phenoxy) is 2. The van der Waals surface area contributed by atoms with Gasteiger partial charge in [-0.15, -0.1) is 0 Å². The predicted molar refractivity (Wildman–Crippen MR) is 161 cm³/mol. The molecule has 9 heteroatoms. The van der Waals surface area contributed by atoms with E-state index in [1.54, 1.807) is 0 Å². The number of likely N-dealkylation sites (tertiary alicyclic amines) is 1. The van der Waals surface area contributed by atoms with Crippen molar-refractivity contribution >= 4 is 26.1 Å². The van der Waals surface area contributed by atoms with E-state index in [0.29, 0.717) is 19.6 Å². The molecule has 0 radical (unpaired) electrons. The molecule has 8 nitrogen and oxygen atoms in total. The van der Waals surface area contributed by atoms with Crippen molar-refractivity contribution in [3.63, 3.8) is 0 Å². The molecule has 1 aliphatic carbocycles. The van der Waals surface area contributed by atoms with E-state index >= 15 is 0 Å².